The predicted octanol–water partition coefficient (Wildman–Crippen LogP) is 4.16. The van der Waals surface area contributed by atoms with Crippen LogP contribution in [0.15, 0.2) is 60.8 Å². The Morgan fingerprint density at radius 3 is 2.20 bits per heavy atom. The summed E-state index contributed by atoms with van der Waals surface area (Å²) in [7, 11) is 1.39. The lowest BCUT2D eigenvalue weighted by Crippen LogP contribution is -2.41. The Hall–Kier alpha value is -4.84. The molecule has 40 heavy (non-hydrogen) atoms. The number of aromatic nitrogens is 1. The molecule has 1 amide bonds. The Morgan fingerprint density at radius 2 is 1.62 bits per heavy atom. The van der Waals surface area contributed by atoms with E-state index in [1.165, 1.54) is 33.2 Å². The van der Waals surface area contributed by atoms with E-state index in [0.717, 1.165) is 22.3 Å². The van der Waals surface area contributed by atoms with E-state index < -0.39 is 36.8 Å². The van der Waals surface area contributed by atoms with Gasteiger partial charge in [-0.2, -0.15) is 0 Å². The molecule has 0 spiro atoms. The van der Waals surface area contributed by atoms with Gasteiger partial charge in [0, 0.05) is 30.7 Å². The van der Waals surface area contributed by atoms with Gasteiger partial charge in [0.1, 0.15) is 12.1 Å². The summed E-state index contributed by atoms with van der Waals surface area (Å²) < 4.78 is 21.3. The topological polar surface area (TPSA) is 113 Å². The zero-order valence-electron chi connectivity index (χ0n) is 23.1. The lowest BCUT2D eigenvalue weighted by Gasteiger charge is -2.27. The second-order valence-electron chi connectivity index (χ2n) is 9.08. The average Bonchev–Trinajstić information content (AvgIpc) is 2.94. The number of carbonyl (C=O) groups excluding carboxylic acids is 3. The van der Waals surface area contributed by atoms with Crippen LogP contribution in [0.5, 0.6) is 11.5 Å². The van der Waals surface area contributed by atoms with Crippen molar-refractivity contribution in [2.75, 3.05) is 13.9 Å². The molecule has 9 heteroatoms. The van der Waals surface area contributed by atoms with Crippen LogP contribution in [0.2, 0.25) is 0 Å². The summed E-state index contributed by atoms with van der Waals surface area (Å²) >= 11 is 0. The molecule has 1 heterocycles. The molecule has 3 atom stereocenters. The molecule has 0 radical (unpaired) electrons. The van der Waals surface area contributed by atoms with E-state index in [1.807, 2.05) is 55.5 Å². The Kier molecular flexibility index (Phi) is 10.3. The van der Waals surface area contributed by atoms with Gasteiger partial charge in [-0.15, -0.1) is 6.42 Å². The molecule has 0 bridgehead atoms. The summed E-state index contributed by atoms with van der Waals surface area (Å²) in [6.07, 6.45) is 6.29. The quantitative estimate of drug-likeness (QED) is 0.218. The number of ether oxygens (including phenoxy) is 4. The first-order valence-corrected chi connectivity index (χ1v) is 12.6. The van der Waals surface area contributed by atoms with Gasteiger partial charge in [0.15, 0.2) is 17.2 Å². The van der Waals surface area contributed by atoms with E-state index in [0.29, 0.717) is 0 Å². The van der Waals surface area contributed by atoms with Gasteiger partial charge in [-0.1, -0.05) is 47.9 Å². The van der Waals surface area contributed by atoms with E-state index in [4.69, 9.17) is 25.4 Å². The molecule has 0 saturated heterocycles. The summed E-state index contributed by atoms with van der Waals surface area (Å²) in [5, 5.41) is 2.59. The lowest BCUT2D eigenvalue weighted by atomic mass is 9.86. The Morgan fingerprint density at radius 1 is 1.00 bits per heavy atom. The number of aryl methyl sites for hydroxylation is 1. The number of methoxy groups -OCH3 is 1. The first kappa shape index (κ1) is 29.7. The average molecular weight is 545 g/mol. The number of amides is 1. The van der Waals surface area contributed by atoms with Crippen LogP contribution >= 0.6 is 0 Å². The van der Waals surface area contributed by atoms with Crippen molar-refractivity contribution in [2.24, 2.45) is 0 Å². The number of hydrogen-bond donors (Lipinski definition) is 1. The molecule has 0 aliphatic heterocycles. The van der Waals surface area contributed by atoms with Crippen LogP contribution in [0, 0.1) is 19.3 Å². The molecule has 0 aliphatic carbocycles. The molecule has 1 aromatic heterocycles. The molecule has 2 aromatic carbocycles. The van der Waals surface area contributed by atoms with Crippen molar-refractivity contribution in [2.45, 2.75) is 45.8 Å². The molecule has 1 unspecified atom stereocenters. The molecule has 0 aliphatic rings. The second-order valence-corrected chi connectivity index (χ2v) is 9.08. The number of nitrogens with one attached hydrogen (secondary N) is 1. The van der Waals surface area contributed by atoms with Gasteiger partial charge in [-0.05, 0) is 44.0 Å². The fourth-order valence-electron chi connectivity index (χ4n) is 4.04. The summed E-state index contributed by atoms with van der Waals surface area (Å²) in [5.74, 6) is 0.600. The SMILES string of the molecule is C#Cc1ccc(C(c2ccc(C)cc2)[C@H](C)OC(=O)[C@H](C)NC(=O)c2nccc(OC)c2OCOC(C)=O)cc1. The van der Waals surface area contributed by atoms with E-state index in [-0.39, 0.29) is 23.1 Å². The highest BCUT2D eigenvalue weighted by molar-refractivity contribution is 5.98. The van der Waals surface area contributed by atoms with Gasteiger partial charge in [0.25, 0.3) is 5.91 Å². The van der Waals surface area contributed by atoms with Crippen molar-refractivity contribution < 1.29 is 33.3 Å². The monoisotopic (exact) mass is 544 g/mol. The number of pyridine rings is 1. The maximum atomic E-state index is 13.1. The molecule has 1 N–H and O–H groups in total. The van der Waals surface area contributed by atoms with Crippen LogP contribution in [0.1, 0.15) is 59.4 Å². The van der Waals surface area contributed by atoms with Crippen LogP contribution in [0.3, 0.4) is 0 Å². The van der Waals surface area contributed by atoms with Crippen LogP contribution in [0.4, 0.5) is 0 Å². The van der Waals surface area contributed by atoms with Crippen LogP contribution in [-0.2, 0) is 19.1 Å². The van der Waals surface area contributed by atoms with Crippen molar-refractivity contribution in [1.82, 2.24) is 10.3 Å². The van der Waals surface area contributed by atoms with Crippen molar-refractivity contribution >= 4 is 17.8 Å². The first-order chi connectivity index (χ1) is 19.1. The number of rotatable bonds is 11. The standard InChI is InChI=1S/C31H32N2O7/c1-7-23-10-14-25(15-11-23)27(24-12-8-19(2)9-13-24)21(4)40-31(36)20(3)33-30(35)28-29(39-18-38-22(5)34)26(37-6)16-17-32-28/h1,8-17,20-21,27H,18H2,2-6H3,(H,33,35)/t20-,21-,27?/m0/s1. The maximum absolute atomic E-state index is 13.1. The van der Waals surface area contributed by atoms with Gasteiger partial charge in [0.05, 0.1) is 7.11 Å². The molecular formula is C31H32N2O7. The predicted molar refractivity (Wildman–Crippen MR) is 148 cm³/mol. The maximum Gasteiger partial charge on any atom is 0.328 e. The number of nitrogens with zero attached hydrogens (tertiary/aromatic N) is 1. The number of benzene rings is 2. The minimum Gasteiger partial charge on any atom is -0.493 e. The van der Waals surface area contributed by atoms with Crippen molar-refractivity contribution in [3.63, 3.8) is 0 Å². The van der Waals surface area contributed by atoms with Gasteiger partial charge >= 0.3 is 11.9 Å². The largest absolute Gasteiger partial charge is 0.493 e. The molecule has 208 valence electrons. The lowest BCUT2D eigenvalue weighted by molar-refractivity contribution is -0.151. The second kappa shape index (κ2) is 13.8. The molecule has 0 saturated carbocycles. The van der Waals surface area contributed by atoms with E-state index in [2.05, 4.69) is 16.2 Å². The third-order valence-electron chi connectivity index (χ3n) is 6.11. The minimum absolute atomic E-state index is 0.0347. The highest BCUT2D eigenvalue weighted by Gasteiger charge is 2.29. The number of terminal acetylenes is 1. The summed E-state index contributed by atoms with van der Waals surface area (Å²) in [5.41, 5.74) is 3.59. The van der Waals surface area contributed by atoms with Gasteiger partial charge < -0.3 is 24.3 Å². The molecule has 0 fully saturated rings. The fourth-order valence-corrected chi connectivity index (χ4v) is 4.04. The van der Waals surface area contributed by atoms with E-state index >= 15 is 0 Å². The highest BCUT2D eigenvalue weighted by atomic mass is 16.7. The molecular weight excluding hydrogens is 512 g/mol. The van der Waals surface area contributed by atoms with Crippen molar-refractivity contribution in [3.05, 3.63) is 88.7 Å². The Labute approximate surface area is 233 Å². The summed E-state index contributed by atoms with van der Waals surface area (Å²) in [6, 6.07) is 16.0. The van der Waals surface area contributed by atoms with Crippen molar-refractivity contribution in [1.29, 1.82) is 0 Å². The van der Waals surface area contributed by atoms with Crippen LogP contribution in [-0.4, -0.2) is 48.9 Å². The smallest absolute Gasteiger partial charge is 0.328 e. The zero-order chi connectivity index (χ0) is 29.2. The molecule has 9 nitrogen and oxygen atoms in total. The van der Waals surface area contributed by atoms with Gasteiger partial charge in [-0.3, -0.25) is 9.59 Å². The Bertz CT molecular complexity index is 1380. The fraction of sp³-hybridized carbons (Fsp3) is 0.290. The van der Waals surface area contributed by atoms with Crippen LogP contribution in [0.25, 0.3) is 0 Å². The third-order valence-corrected chi connectivity index (χ3v) is 6.11. The summed E-state index contributed by atoms with van der Waals surface area (Å²) in [4.78, 5) is 41.3. The number of carbonyl (C=O) groups is 3. The molecule has 3 rings (SSSR count). The normalized spacial score (nSPS) is 12.7. The minimum atomic E-state index is -1.02. The summed E-state index contributed by atoms with van der Waals surface area (Å²) in [6.45, 7) is 6.08. The van der Waals surface area contributed by atoms with Gasteiger partial charge in [0.2, 0.25) is 6.79 Å². The van der Waals surface area contributed by atoms with Crippen molar-refractivity contribution in [3.8, 4) is 23.8 Å². The van der Waals surface area contributed by atoms with E-state index in [1.54, 1.807) is 6.92 Å². The highest BCUT2D eigenvalue weighted by Crippen LogP contribution is 2.31. The van der Waals surface area contributed by atoms with E-state index in [9.17, 15) is 14.4 Å². The van der Waals surface area contributed by atoms with Gasteiger partial charge in [-0.25, -0.2) is 9.78 Å². The number of esters is 2. The third kappa shape index (κ3) is 7.60. The zero-order valence-corrected chi connectivity index (χ0v) is 23.1. The molecule has 3 aromatic rings. The Balaban J connectivity index is 1.77. The first-order valence-electron chi connectivity index (χ1n) is 12.6. The number of hydrogen-bond acceptors (Lipinski definition) is 8. The van der Waals surface area contributed by atoms with Crippen LogP contribution < -0.4 is 14.8 Å².